The van der Waals surface area contributed by atoms with Gasteiger partial charge < -0.3 is 25.4 Å². The highest BCUT2D eigenvalue weighted by atomic mass is 127. The van der Waals surface area contributed by atoms with Crippen LogP contribution in [0, 0.1) is 12.3 Å². The first-order valence-electron chi connectivity index (χ1n) is 12.1. The molecule has 0 amide bonds. The van der Waals surface area contributed by atoms with Gasteiger partial charge in [-0.3, -0.25) is 0 Å². The summed E-state index contributed by atoms with van der Waals surface area (Å²) >= 11 is 10.3. The first-order valence-corrected chi connectivity index (χ1v) is 16.4. The zero-order chi connectivity index (χ0) is 26.4. The third-order valence-electron chi connectivity index (χ3n) is 7.38. The third kappa shape index (κ3) is 5.54. The number of hydrogen-bond donors (Lipinski definition) is 2. The highest BCUT2D eigenvalue weighted by Crippen LogP contribution is 2.44. The Labute approximate surface area is 239 Å². The molecule has 0 saturated carbocycles. The van der Waals surface area contributed by atoms with Gasteiger partial charge in [0.25, 0.3) is 0 Å². The Balaban J connectivity index is 1.36. The highest BCUT2D eigenvalue weighted by molar-refractivity contribution is 14.1. The third-order valence-corrected chi connectivity index (χ3v) is 11.8. The van der Waals surface area contributed by atoms with E-state index in [1.54, 1.807) is 17.2 Å². The fourth-order valence-corrected chi connectivity index (χ4v) is 8.75. The van der Waals surface area contributed by atoms with Gasteiger partial charge in [-0.15, -0.1) is 0 Å². The largest absolute Gasteiger partial charge is 0.390 e. The van der Waals surface area contributed by atoms with Crippen molar-refractivity contribution in [1.82, 2.24) is 15.0 Å². The second-order valence-corrected chi connectivity index (χ2v) is 14.6. The predicted molar refractivity (Wildman–Crippen MR) is 152 cm³/mol. The molecule has 0 bridgehead atoms. The van der Waals surface area contributed by atoms with E-state index in [-0.39, 0.29) is 33.8 Å². The number of anilines is 2. The molecule has 2 atom stereocenters. The zero-order valence-electron chi connectivity index (χ0n) is 20.4. The van der Waals surface area contributed by atoms with E-state index in [1.807, 2.05) is 6.92 Å². The number of rotatable bonds is 5. The van der Waals surface area contributed by atoms with Crippen molar-refractivity contribution in [3.8, 4) is 0 Å². The van der Waals surface area contributed by atoms with Gasteiger partial charge in [-0.25, -0.2) is 23.4 Å². The summed E-state index contributed by atoms with van der Waals surface area (Å²) in [6.45, 7) is 4.45. The number of aliphatic hydroxyl groups excluding tert-OH is 1. The summed E-state index contributed by atoms with van der Waals surface area (Å²) in [6.07, 6.45) is 3.96. The maximum absolute atomic E-state index is 12.1. The summed E-state index contributed by atoms with van der Waals surface area (Å²) in [6, 6.07) is 1.79. The van der Waals surface area contributed by atoms with Crippen LogP contribution < -0.4 is 15.5 Å². The van der Waals surface area contributed by atoms with Crippen molar-refractivity contribution in [2.24, 2.45) is 11.1 Å². The van der Waals surface area contributed by atoms with E-state index in [9.17, 15) is 13.5 Å². The number of alkyl halides is 1. The Hall–Kier alpha value is -0.970. The normalized spacial score (nSPS) is 25.1. The van der Waals surface area contributed by atoms with Crippen molar-refractivity contribution < 1.29 is 18.3 Å². The number of piperidine rings is 1. The lowest BCUT2D eigenvalue weighted by molar-refractivity contribution is 0.127. The summed E-state index contributed by atoms with van der Waals surface area (Å²) in [5.74, 6) is 1.23. The van der Waals surface area contributed by atoms with E-state index >= 15 is 0 Å². The van der Waals surface area contributed by atoms with Crippen molar-refractivity contribution in [3.63, 3.8) is 0 Å². The van der Waals surface area contributed by atoms with Crippen LogP contribution in [-0.4, -0.2) is 76.5 Å². The number of nitrogens with zero attached hydrogens (tertiary/aromatic N) is 5. The lowest BCUT2D eigenvalue weighted by Crippen LogP contribution is -2.50. The van der Waals surface area contributed by atoms with Gasteiger partial charge in [0.1, 0.15) is 26.5 Å². The molecular formula is C23H30ClIN6O4S2. The predicted octanol–water partition coefficient (Wildman–Crippen LogP) is 2.76. The quantitative estimate of drug-likeness (QED) is 0.357. The molecule has 3 saturated heterocycles. The van der Waals surface area contributed by atoms with Crippen molar-refractivity contribution in [1.29, 1.82) is 0 Å². The van der Waals surface area contributed by atoms with Crippen LogP contribution in [0.1, 0.15) is 30.7 Å². The van der Waals surface area contributed by atoms with Gasteiger partial charge in [-0.05, 0) is 54.8 Å². The fourth-order valence-electron chi connectivity index (χ4n) is 5.17. The smallest absolute Gasteiger partial charge is 0.168 e. The van der Waals surface area contributed by atoms with E-state index in [1.165, 1.54) is 11.8 Å². The van der Waals surface area contributed by atoms with Crippen LogP contribution in [0.2, 0.25) is 5.02 Å². The minimum atomic E-state index is -3.16. The Bertz CT molecular complexity index is 1280. The number of aryl methyl sites for hydroxylation is 1. The van der Waals surface area contributed by atoms with Crippen LogP contribution >= 0.6 is 46.0 Å². The van der Waals surface area contributed by atoms with Gasteiger partial charge in [-0.1, -0.05) is 23.4 Å². The van der Waals surface area contributed by atoms with Gasteiger partial charge in [0.15, 0.2) is 15.7 Å². The number of sulfone groups is 1. The summed E-state index contributed by atoms with van der Waals surface area (Å²) in [5, 5.41) is 11.2. The molecule has 0 aromatic carbocycles. The van der Waals surface area contributed by atoms with Crippen LogP contribution in [0.5, 0.6) is 0 Å². The Kier molecular flexibility index (Phi) is 8.12. The molecular weight excluding hydrogens is 651 g/mol. The molecule has 0 unspecified atom stereocenters. The molecule has 14 heteroatoms. The lowest BCUT2D eigenvalue weighted by atomic mass is 9.75. The maximum Gasteiger partial charge on any atom is 0.168 e. The van der Waals surface area contributed by atoms with E-state index in [0.29, 0.717) is 51.8 Å². The standard InChI is InChI=1S/C23H30ClIN6O4S2/c1-14-22(36-16-3-6-27-21(17(16)24)31-7-2-10-37(33,34)13-31)29-15(11-32)20(28-14)30-8-4-23(5-9-30)12-35-19(25)18(23)26/h3,6,18-19,32H,2,4-5,7-13,26H2,1H3/t18-,19-/m1/s1. The Morgan fingerprint density at radius 2 is 2.03 bits per heavy atom. The van der Waals surface area contributed by atoms with Gasteiger partial charge in [0, 0.05) is 42.2 Å². The Morgan fingerprint density at radius 3 is 2.68 bits per heavy atom. The average Bonchev–Trinajstić information content (AvgIpc) is 3.14. The van der Waals surface area contributed by atoms with Crippen molar-refractivity contribution >= 4 is 67.4 Å². The molecule has 10 nitrogen and oxygen atoms in total. The zero-order valence-corrected chi connectivity index (χ0v) is 25.0. The number of pyridine rings is 1. The molecule has 3 fully saturated rings. The summed E-state index contributed by atoms with van der Waals surface area (Å²) < 4.78 is 30.1. The first kappa shape index (κ1) is 27.6. The van der Waals surface area contributed by atoms with E-state index in [4.69, 9.17) is 32.0 Å². The summed E-state index contributed by atoms with van der Waals surface area (Å²) in [5.41, 5.74) is 7.68. The molecule has 1 spiro atoms. The van der Waals surface area contributed by atoms with Crippen LogP contribution in [0.3, 0.4) is 0 Å². The molecule has 0 radical (unpaired) electrons. The number of aliphatic hydroxyl groups is 1. The number of ether oxygens (including phenoxy) is 1. The number of hydrogen-bond acceptors (Lipinski definition) is 11. The van der Waals surface area contributed by atoms with E-state index < -0.39 is 9.84 Å². The van der Waals surface area contributed by atoms with E-state index in [0.717, 1.165) is 31.6 Å². The van der Waals surface area contributed by atoms with Crippen LogP contribution in [0.15, 0.2) is 22.2 Å². The average molecular weight is 681 g/mol. The second-order valence-electron chi connectivity index (χ2n) is 9.82. The molecule has 3 aliphatic heterocycles. The van der Waals surface area contributed by atoms with Gasteiger partial charge >= 0.3 is 0 Å². The lowest BCUT2D eigenvalue weighted by Gasteiger charge is -2.41. The molecule has 2 aromatic heterocycles. The molecule has 0 aliphatic carbocycles. The van der Waals surface area contributed by atoms with E-state index in [2.05, 4.69) is 32.5 Å². The molecule has 202 valence electrons. The molecule has 2 aromatic rings. The summed E-state index contributed by atoms with van der Waals surface area (Å²) in [7, 11) is -3.16. The number of halogens is 2. The van der Waals surface area contributed by atoms with Crippen LogP contribution in [-0.2, 0) is 21.2 Å². The van der Waals surface area contributed by atoms with Gasteiger partial charge in [-0.2, -0.15) is 0 Å². The maximum atomic E-state index is 12.1. The number of nitrogens with two attached hydrogens (primary N) is 1. The minimum absolute atomic E-state index is 0.0104. The van der Waals surface area contributed by atoms with Crippen LogP contribution in [0.25, 0.3) is 0 Å². The first-order chi connectivity index (χ1) is 17.6. The molecule has 37 heavy (non-hydrogen) atoms. The minimum Gasteiger partial charge on any atom is -0.390 e. The topological polar surface area (TPSA) is 135 Å². The van der Waals surface area contributed by atoms with Crippen LogP contribution in [0.4, 0.5) is 11.6 Å². The van der Waals surface area contributed by atoms with Gasteiger partial charge in [0.2, 0.25) is 0 Å². The summed E-state index contributed by atoms with van der Waals surface area (Å²) in [4.78, 5) is 18.5. The van der Waals surface area contributed by atoms with Crippen molar-refractivity contribution in [2.45, 2.75) is 52.9 Å². The van der Waals surface area contributed by atoms with Gasteiger partial charge in [0.05, 0.1) is 29.7 Å². The highest BCUT2D eigenvalue weighted by Gasteiger charge is 2.48. The number of aromatic nitrogens is 3. The Morgan fingerprint density at radius 1 is 1.27 bits per heavy atom. The second kappa shape index (κ2) is 10.9. The van der Waals surface area contributed by atoms with Crippen molar-refractivity contribution in [2.75, 3.05) is 47.7 Å². The van der Waals surface area contributed by atoms with Crippen molar-refractivity contribution in [3.05, 3.63) is 28.7 Å². The monoisotopic (exact) mass is 680 g/mol. The molecule has 5 rings (SSSR count). The fraction of sp³-hybridized carbons (Fsp3) is 0.609. The SMILES string of the molecule is Cc1nc(N2CCC3(CC2)CO[C@@H](I)[C@H]3N)c(CO)nc1Sc1ccnc(N2CCCS(=O)(=O)C2)c1Cl. The molecule has 5 heterocycles. The molecule has 3 aliphatic rings. The molecule has 3 N–H and O–H groups in total.